The Kier molecular flexibility index (Phi) is 3.90. The van der Waals surface area contributed by atoms with Crippen LogP contribution >= 0.6 is 11.8 Å². The number of aromatic nitrogens is 2. The highest BCUT2D eigenvalue weighted by Gasteiger charge is 2.39. The molecule has 2 heterocycles. The van der Waals surface area contributed by atoms with Crippen molar-refractivity contribution in [2.45, 2.75) is 24.0 Å². The Hall–Kier alpha value is -1.54. The van der Waals surface area contributed by atoms with Crippen molar-refractivity contribution in [2.75, 3.05) is 17.3 Å². The first-order chi connectivity index (χ1) is 10.4. The third-order valence-electron chi connectivity index (χ3n) is 3.65. The van der Waals surface area contributed by atoms with Crippen LogP contribution in [0.2, 0.25) is 0 Å². The lowest BCUT2D eigenvalue weighted by atomic mass is 10.0. The number of thioether (sulfide) groups is 1. The number of H-pyrrole nitrogens is 1. The molecule has 0 bridgehead atoms. The fourth-order valence-corrected chi connectivity index (χ4v) is 5.39. The molecule has 1 aliphatic rings. The van der Waals surface area contributed by atoms with Crippen molar-refractivity contribution in [1.29, 1.82) is 0 Å². The van der Waals surface area contributed by atoms with Crippen LogP contribution in [0.25, 0.3) is 11.0 Å². The average molecular weight is 339 g/mol. The molecule has 1 atom stereocenters. The minimum Gasteiger partial charge on any atom is -0.349 e. The molecule has 1 fully saturated rings. The fraction of sp³-hybridized carbons (Fsp3) is 0.429. The van der Waals surface area contributed by atoms with Gasteiger partial charge in [-0.1, -0.05) is 23.9 Å². The second-order valence-electron chi connectivity index (χ2n) is 5.80. The zero-order chi connectivity index (χ0) is 15.8. The number of benzene rings is 1. The summed E-state index contributed by atoms with van der Waals surface area (Å²) >= 11 is 1.31. The van der Waals surface area contributed by atoms with Gasteiger partial charge in [-0.05, 0) is 25.5 Å². The Bertz CT molecular complexity index is 783. The Labute approximate surface area is 133 Å². The molecule has 1 aromatic carbocycles. The van der Waals surface area contributed by atoms with Crippen molar-refractivity contribution in [3.05, 3.63) is 24.3 Å². The summed E-state index contributed by atoms with van der Waals surface area (Å²) < 4.78 is 23.1. The number of carbonyl (C=O) groups is 1. The van der Waals surface area contributed by atoms with Crippen LogP contribution < -0.4 is 5.32 Å². The molecule has 2 N–H and O–H groups in total. The summed E-state index contributed by atoms with van der Waals surface area (Å²) in [4.78, 5) is 19.6. The number of nitrogens with zero attached hydrogens (tertiary/aromatic N) is 1. The van der Waals surface area contributed by atoms with Crippen LogP contribution in [0.15, 0.2) is 29.4 Å². The maximum absolute atomic E-state index is 12.0. The molecule has 0 radical (unpaired) electrons. The molecule has 22 heavy (non-hydrogen) atoms. The highest BCUT2D eigenvalue weighted by Crippen LogP contribution is 2.24. The SMILES string of the molecule is C[C@]1(NC(=O)CSc2nc3ccccc3[nH]2)CCS(=O)(=O)C1. The predicted molar refractivity (Wildman–Crippen MR) is 86.6 cm³/mol. The smallest absolute Gasteiger partial charge is 0.230 e. The van der Waals surface area contributed by atoms with Crippen molar-refractivity contribution in [1.82, 2.24) is 15.3 Å². The maximum Gasteiger partial charge on any atom is 0.230 e. The summed E-state index contributed by atoms with van der Waals surface area (Å²) in [6.07, 6.45) is 0.469. The standard InChI is InChI=1S/C14H17N3O3S2/c1-14(6-7-22(19,20)9-14)17-12(18)8-21-13-15-10-4-2-3-5-11(10)16-13/h2-5H,6-9H2,1H3,(H,15,16)(H,17,18)/t14-/m0/s1. The number of hydrogen-bond donors (Lipinski definition) is 2. The van der Waals surface area contributed by atoms with Crippen LogP contribution in [0.4, 0.5) is 0 Å². The van der Waals surface area contributed by atoms with Crippen molar-refractivity contribution < 1.29 is 13.2 Å². The van der Waals surface area contributed by atoms with Gasteiger partial charge in [-0.25, -0.2) is 13.4 Å². The summed E-state index contributed by atoms with van der Waals surface area (Å²) in [7, 11) is -3.02. The quantitative estimate of drug-likeness (QED) is 0.820. The largest absolute Gasteiger partial charge is 0.349 e. The van der Waals surface area contributed by atoms with Gasteiger partial charge in [0.25, 0.3) is 0 Å². The number of amides is 1. The number of nitrogens with one attached hydrogen (secondary N) is 2. The molecular weight excluding hydrogens is 322 g/mol. The van der Waals surface area contributed by atoms with Gasteiger partial charge >= 0.3 is 0 Å². The van der Waals surface area contributed by atoms with E-state index in [1.165, 1.54) is 11.8 Å². The van der Waals surface area contributed by atoms with Gasteiger partial charge in [0.05, 0.1) is 33.8 Å². The monoisotopic (exact) mass is 339 g/mol. The Morgan fingerprint density at radius 1 is 1.45 bits per heavy atom. The molecular formula is C14H17N3O3S2. The minimum absolute atomic E-state index is 0.0149. The van der Waals surface area contributed by atoms with E-state index in [1.807, 2.05) is 24.3 Å². The molecule has 118 valence electrons. The first-order valence-corrected chi connectivity index (χ1v) is 9.75. The van der Waals surface area contributed by atoms with Crippen LogP contribution in [-0.4, -0.2) is 47.1 Å². The van der Waals surface area contributed by atoms with E-state index in [0.29, 0.717) is 11.6 Å². The number of aromatic amines is 1. The first kappa shape index (κ1) is 15.4. The molecule has 6 nitrogen and oxygen atoms in total. The van der Waals surface area contributed by atoms with Crippen molar-refractivity contribution in [3.8, 4) is 0 Å². The van der Waals surface area contributed by atoms with E-state index < -0.39 is 15.4 Å². The lowest BCUT2D eigenvalue weighted by molar-refractivity contribution is -0.120. The van der Waals surface area contributed by atoms with Gasteiger partial charge in [-0.15, -0.1) is 0 Å². The molecule has 1 aliphatic heterocycles. The molecule has 1 amide bonds. The molecule has 1 saturated heterocycles. The Morgan fingerprint density at radius 2 is 2.23 bits per heavy atom. The number of carbonyl (C=O) groups excluding carboxylic acids is 1. The van der Waals surface area contributed by atoms with E-state index in [-0.39, 0.29) is 23.2 Å². The summed E-state index contributed by atoms with van der Waals surface area (Å²) in [5, 5.41) is 3.52. The van der Waals surface area contributed by atoms with E-state index in [0.717, 1.165) is 11.0 Å². The maximum atomic E-state index is 12.0. The van der Waals surface area contributed by atoms with E-state index in [1.54, 1.807) is 6.92 Å². The van der Waals surface area contributed by atoms with Gasteiger partial charge in [0.15, 0.2) is 15.0 Å². The molecule has 0 saturated carbocycles. The van der Waals surface area contributed by atoms with Gasteiger partial charge in [0, 0.05) is 0 Å². The topological polar surface area (TPSA) is 91.9 Å². The molecule has 0 aliphatic carbocycles. The minimum atomic E-state index is -3.02. The lowest BCUT2D eigenvalue weighted by Crippen LogP contribution is -2.47. The average Bonchev–Trinajstić information content (AvgIpc) is 2.96. The van der Waals surface area contributed by atoms with E-state index in [4.69, 9.17) is 0 Å². The summed E-state index contributed by atoms with van der Waals surface area (Å²) in [6, 6.07) is 7.66. The fourth-order valence-electron chi connectivity index (χ4n) is 2.61. The van der Waals surface area contributed by atoms with Crippen molar-refractivity contribution in [3.63, 3.8) is 0 Å². The van der Waals surface area contributed by atoms with Crippen molar-refractivity contribution in [2.24, 2.45) is 0 Å². The number of sulfone groups is 1. The molecule has 3 rings (SSSR count). The molecule has 1 aromatic heterocycles. The van der Waals surface area contributed by atoms with Gasteiger partial charge in [-0.2, -0.15) is 0 Å². The molecule has 0 spiro atoms. The summed E-state index contributed by atoms with van der Waals surface area (Å²) in [5.41, 5.74) is 1.14. The third kappa shape index (κ3) is 3.44. The van der Waals surface area contributed by atoms with Crippen LogP contribution in [0.3, 0.4) is 0 Å². The van der Waals surface area contributed by atoms with Crippen LogP contribution in [0, 0.1) is 0 Å². The molecule has 8 heteroatoms. The van der Waals surface area contributed by atoms with Crippen LogP contribution in [-0.2, 0) is 14.6 Å². The van der Waals surface area contributed by atoms with Gasteiger partial charge < -0.3 is 10.3 Å². The summed E-state index contributed by atoms with van der Waals surface area (Å²) in [5.74, 6) is 0.182. The zero-order valence-electron chi connectivity index (χ0n) is 12.1. The van der Waals surface area contributed by atoms with E-state index in [2.05, 4.69) is 15.3 Å². The number of imidazole rings is 1. The Balaban J connectivity index is 1.58. The summed E-state index contributed by atoms with van der Waals surface area (Å²) in [6.45, 7) is 1.78. The molecule has 0 unspecified atom stereocenters. The third-order valence-corrected chi connectivity index (χ3v) is 6.43. The van der Waals surface area contributed by atoms with Crippen LogP contribution in [0.1, 0.15) is 13.3 Å². The number of hydrogen-bond acceptors (Lipinski definition) is 5. The van der Waals surface area contributed by atoms with Crippen molar-refractivity contribution >= 4 is 38.5 Å². The number of fused-ring (bicyclic) bond motifs is 1. The van der Waals surface area contributed by atoms with E-state index in [9.17, 15) is 13.2 Å². The highest BCUT2D eigenvalue weighted by atomic mass is 32.2. The second-order valence-corrected chi connectivity index (χ2v) is 8.95. The van der Waals surface area contributed by atoms with Gasteiger partial charge in [0.2, 0.25) is 5.91 Å². The number of rotatable bonds is 4. The zero-order valence-corrected chi connectivity index (χ0v) is 13.8. The van der Waals surface area contributed by atoms with Gasteiger partial charge in [0.1, 0.15) is 0 Å². The first-order valence-electron chi connectivity index (χ1n) is 6.94. The van der Waals surface area contributed by atoms with Crippen LogP contribution in [0.5, 0.6) is 0 Å². The second kappa shape index (κ2) is 5.58. The van der Waals surface area contributed by atoms with Gasteiger partial charge in [-0.3, -0.25) is 4.79 Å². The predicted octanol–water partition coefficient (Wildman–Crippen LogP) is 1.35. The molecule has 2 aromatic rings. The number of para-hydroxylation sites is 2. The Morgan fingerprint density at radius 3 is 2.91 bits per heavy atom. The lowest BCUT2D eigenvalue weighted by Gasteiger charge is -2.23. The normalized spacial score (nSPS) is 23.7. The van der Waals surface area contributed by atoms with E-state index >= 15 is 0 Å². The highest BCUT2D eigenvalue weighted by molar-refractivity contribution is 7.99.